The van der Waals surface area contributed by atoms with E-state index >= 15 is 0 Å². The van der Waals surface area contributed by atoms with Crippen LogP contribution in [-0.4, -0.2) is 90.6 Å². The highest BCUT2D eigenvalue weighted by Crippen LogP contribution is 2.32. The van der Waals surface area contributed by atoms with Crippen molar-refractivity contribution in [2.75, 3.05) is 49.5 Å². The summed E-state index contributed by atoms with van der Waals surface area (Å²) in [6.07, 6.45) is 7.53. The molecule has 0 radical (unpaired) electrons. The van der Waals surface area contributed by atoms with Gasteiger partial charge in [0.15, 0.2) is 0 Å². The SMILES string of the molecule is CCCCCCNNC(=O)c1ccc(N2CCN(C(=O)CCCCCNc3cccc4c3C(=O)N(C3CCC(=O)NC3=O)C4=O)CC2)cc1. The number of benzene rings is 2. The third-order valence-electron chi connectivity index (χ3n) is 9.34. The molecule has 0 spiro atoms. The minimum absolute atomic E-state index is 0.0716. The minimum atomic E-state index is -1.00. The Morgan fingerprint density at radius 2 is 1.57 bits per heavy atom. The van der Waals surface area contributed by atoms with Gasteiger partial charge in [0.2, 0.25) is 17.7 Å². The van der Waals surface area contributed by atoms with Gasteiger partial charge >= 0.3 is 0 Å². The number of nitrogens with one attached hydrogen (secondary N) is 4. The number of unbranched alkanes of at least 4 members (excludes halogenated alkanes) is 5. The van der Waals surface area contributed by atoms with Gasteiger partial charge in [0.25, 0.3) is 17.7 Å². The van der Waals surface area contributed by atoms with Crippen molar-refractivity contribution in [1.29, 1.82) is 0 Å². The van der Waals surface area contributed by atoms with E-state index in [9.17, 15) is 28.8 Å². The van der Waals surface area contributed by atoms with Crippen molar-refractivity contribution in [2.45, 2.75) is 77.2 Å². The molecule has 0 saturated carbocycles. The number of carbonyl (C=O) groups excluding carboxylic acids is 6. The lowest BCUT2D eigenvalue weighted by Gasteiger charge is -2.36. The minimum Gasteiger partial charge on any atom is -0.384 e. The first-order valence-electron chi connectivity index (χ1n) is 17.5. The topological polar surface area (TPSA) is 160 Å². The summed E-state index contributed by atoms with van der Waals surface area (Å²) in [5.41, 5.74) is 8.40. The fourth-order valence-electron chi connectivity index (χ4n) is 6.51. The zero-order chi connectivity index (χ0) is 34.8. The van der Waals surface area contributed by atoms with Crippen LogP contribution in [0.15, 0.2) is 42.5 Å². The van der Waals surface area contributed by atoms with Crippen LogP contribution in [-0.2, 0) is 14.4 Å². The number of anilines is 2. The molecule has 3 heterocycles. The lowest BCUT2D eigenvalue weighted by molar-refractivity contribution is -0.136. The molecule has 13 heteroatoms. The largest absolute Gasteiger partial charge is 0.384 e. The van der Waals surface area contributed by atoms with Gasteiger partial charge in [0.05, 0.1) is 11.1 Å². The van der Waals surface area contributed by atoms with E-state index < -0.39 is 29.7 Å². The van der Waals surface area contributed by atoms with Crippen LogP contribution in [0.4, 0.5) is 11.4 Å². The molecule has 49 heavy (non-hydrogen) atoms. The average molecular weight is 674 g/mol. The molecule has 13 nitrogen and oxygen atoms in total. The summed E-state index contributed by atoms with van der Waals surface area (Å²) < 4.78 is 0. The Morgan fingerprint density at radius 1 is 0.837 bits per heavy atom. The second-order valence-corrected chi connectivity index (χ2v) is 12.8. The van der Waals surface area contributed by atoms with Crippen molar-refractivity contribution >= 4 is 46.8 Å². The molecule has 2 aromatic carbocycles. The Labute approximate surface area is 287 Å². The molecule has 4 N–H and O–H groups in total. The van der Waals surface area contributed by atoms with E-state index in [0.29, 0.717) is 37.3 Å². The monoisotopic (exact) mass is 673 g/mol. The lowest BCUT2D eigenvalue weighted by atomic mass is 10.0. The molecule has 2 saturated heterocycles. The van der Waals surface area contributed by atoms with Gasteiger partial charge in [-0.2, -0.15) is 0 Å². The van der Waals surface area contributed by atoms with E-state index in [4.69, 9.17) is 0 Å². The zero-order valence-corrected chi connectivity index (χ0v) is 28.2. The number of piperazine rings is 1. The van der Waals surface area contributed by atoms with Crippen LogP contribution in [0.1, 0.15) is 102 Å². The number of carbonyl (C=O) groups is 6. The molecule has 0 bridgehead atoms. The third-order valence-corrected chi connectivity index (χ3v) is 9.34. The molecule has 2 fully saturated rings. The van der Waals surface area contributed by atoms with E-state index in [0.717, 1.165) is 62.3 Å². The molecule has 1 atom stereocenters. The van der Waals surface area contributed by atoms with Gasteiger partial charge in [0.1, 0.15) is 6.04 Å². The van der Waals surface area contributed by atoms with Crippen LogP contribution in [0, 0.1) is 0 Å². The van der Waals surface area contributed by atoms with Gasteiger partial charge in [0, 0.05) is 69.0 Å². The predicted octanol–water partition coefficient (Wildman–Crippen LogP) is 3.22. The fraction of sp³-hybridized carbons (Fsp3) is 0.500. The Hall–Kier alpha value is -4.78. The summed E-state index contributed by atoms with van der Waals surface area (Å²) in [7, 11) is 0. The zero-order valence-electron chi connectivity index (χ0n) is 28.2. The molecule has 0 aliphatic carbocycles. The number of fused-ring (bicyclic) bond motifs is 1. The smallest absolute Gasteiger partial charge is 0.265 e. The van der Waals surface area contributed by atoms with Gasteiger partial charge in [-0.25, -0.2) is 5.43 Å². The van der Waals surface area contributed by atoms with Crippen LogP contribution >= 0.6 is 0 Å². The predicted molar refractivity (Wildman–Crippen MR) is 185 cm³/mol. The average Bonchev–Trinajstić information content (AvgIpc) is 3.37. The van der Waals surface area contributed by atoms with E-state index in [1.807, 2.05) is 29.2 Å². The molecular formula is C36H47N7O6. The number of piperidine rings is 1. The van der Waals surface area contributed by atoms with Crippen molar-refractivity contribution in [3.8, 4) is 0 Å². The van der Waals surface area contributed by atoms with Crippen LogP contribution in [0.2, 0.25) is 0 Å². The van der Waals surface area contributed by atoms with Crippen LogP contribution in [0.5, 0.6) is 0 Å². The number of rotatable bonds is 16. The number of imide groups is 2. The molecule has 3 aliphatic rings. The van der Waals surface area contributed by atoms with Crippen molar-refractivity contribution < 1.29 is 28.8 Å². The van der Waals surface area contributed by atoms with E-state index in [1.165, 1.54) is 12.8 Å². The summed E-state index contributed by atoms with van der Waals surface area (Å²) in [6, 6.07) is 11.6. The normalized spacial score (nSPS) is 17.7. The second-order valence-electron chi connectivity index (χ2n) is 12.8. The lowest BCUT2D eigenvalue weighted by Crippen LogP contribution is -2.54. The first-order chi connectivity index (χ1) is 23.8. The second kappa shape index (κ2) is 17.0. The molecule has 3 aliphatic heterocycles. The molecular weight excluding hydrogens is 626 g/mol. The summed E-state index contributed by atoms with van der Waals surface area (Å²) >= 11 is 0. The molecule has 0 aromatic heterocycles. The van der Waals surface area contributed by atoms with Crippen LogP contribution in [0.25, 0.3) is 0 Å². The number of hydrogen-bond donors (Lipinski definition) is 4. The molecule has 2 aromatic rings. The standard InChI is InChI=1S/C36H47N7O6/c1-2-3-4-8-20-38-40-33(46)25-13-15-26(16-14-25)41-21-23-42(24-22-41)31(45)12-6-5-7-19-37-28-11-9-10-27-32(28)36(49)43(35(27)48)29-17-18-30(44)39-34(29)47/h9-11,13-16,29,37-38H,2-8,12,17-24H2,1H3,(H,40,46)(H,39,44,47). The molecule has 6 amide bonds. The highest BCUT2D eigenvalue weighted by atomic mass is 16.2. The Morgan fingerprint density at radius 3 is 2.31 bits per heavy atom. The Balaban J connectivity index is 0.985. The first kappa shape index (κ1) is 35.5. The number of hydrazine groups is 1. The quantitative estimate of drug-likeness (QED) is 0.119. The van der Waals surface area contributed by atoms with E-state index in [2.05, 4.69) is 33.3 Å². The number of amides is 6. The van der Waals surface area contributed by atoms with Crippen LogP contribution < -0.4 is 26.4 Å². The Kier molecular flexibility index (Phi) is 12.4. The van der Waals surface area contributed by atoms with Crippen molar-refractivity contribution in [2.24, 2.45) is 0 Å². The van der Waals surface area contributed by atoms with Crippen molar-refractivity contribution in [3.05, 3.63) is 59.2 Å². The van der Waals surface area contributed by atoms with E-state index in [1.54, 1.807) is 18.2 Å². The molecule has 5 rings (SSSR count). The maximum atomic E-state index is 13.3. The summed E-state index contributed by atoms with van der Waals surface area (Å²) in [5.74, 6) is -2.13. The summed E-state index contributed by atoms with van der Waals surface area (Å²) in [5, 5.41) is 5.47. The number of nitrogens with zero attached hydrogens (tertiary/aromatic N) is 3. The summed E-state index contributed by atoms with van der Waals surface area (Å²) in [6.45, 7) is 6.22. The fourth-order valence-corrected chi connectivity index (χ4v) is 6.51. The summed E-state index contributed by atoms with van der Waals surface area (Å²) in [4.78, 5) is 80.6. The Bertz CT molecular complexity index is 1540. The van der Waals surface area contributed by atoms with Crippen molar-refractivity contribution in [1.82, 2.24) is 26.0 Å². The van der Waals surface area contributed by atoms with Crippen molar-refractivity contribution in [3.63, 3.8) is 0 Å². The van der Waals surface area contributed by atoms with Gasteiger partial charge in [-0.15, -0.1) is 0 Å². The van der Waals surface area contributed by atoms with Gasteiger partial charge in [-0.3, -0.25) is 44.4 Å². The molecule has 1 unspecified atom stereocenters. The third kappa shape index (κ3) is 8.83. The van der Waals surface area contributed by atoms with E-state index in [-0.39, 0.29) is 35.8 Å². The molecule has 262 valence electrons. The first-order valence-corrected chi connectivity index (χ1v) is 17.5. The maximum Gasteiger partial charge on any atom is 0.265 e. The van der Waals surface area contributed by atoms with Gasteiger partial charge in [-0.1, -0.05) is 38.7 Å². The van der Waals surface area contributed by atoms with Crippen LogP contribution in [0.3, 0.4) is 0 Å². The number of hydrogen-bond acceptors (Lipinski definition) is 9. The highest BCUT2D eigenvalue weighted by molar-refractivity contribution is 6.25. The van der Waals surface area contributed by atoms with Gasteiger partial charge in [-0.05, 0) is 62.1 Å². The highest BCUT2D eigenvalue weighted by Gasteiger charge is 2.45. The maximum absolute atomic E-state index is 13.3. The van der Waals surface area contributed by atoms with Gasteiger partial charge < -0.3 is 15.1 Å².